The first kappa shape index (κ1) is 13.2. The molecule has 0 spiro atoms. The maximum Gasteiger partial charge on any atom is 0.183 e. The van der Waals surface area contributed by atoms with Crippen LogP contribution in [0.5, 0.6) is 0 Å². The second kappa shape index (κ2) is 5.18. The summed E-state index contributed by atoms with van der Waals surface area (Å²) >= 11 is 0. The number of carbonyl (C=O) groups is 1. The summed E-state index contributed by atoms with van der Waals surface area (Å²) < 4.78 is 5.21. The van der Waals surface area contributed by atoms with Gasteiger partial charge in [-0.3, -0.25) is 4.79 Å². The number of carbonyl (C=O) groups excluding carboxylic acids is 1. The van der Waals surface area contributed by atoms with Gasteiger partial charge in [-0.05, 0) is 31.5 Å². The van der Waals surface area contributed by atoms with Gasteiger partial charge in [0, 0.05) is 6.54 Å². The standard InChI is InChI=1S/C14H20N2O2/c1-14(9-18-14)13(17)12(16-2)7-10-3-5-11(8-15)6-4-10/h3-6,12,16H,7-9,15H2,1-2H3/t12-,14+/m0/s1. The molecule has 1 saturated heterocycles. The summed E-state index contributed by atoms with van der Waals surface area (Å²) in [5.41, 5.74) is 7.22. The van der Waals surface area contributed by atoms with E-state index in [0.717, 1.165) is 11.1 Å². The highest BCUT2D eigenvalue weighted by Crippen LogP contribution is 2.28. The highest BCUT2D eigenvalue weighted by Gasteiger charge is 2.49. The third-order valence-corrected chi connectivity index (χ3v) is 3.46. The number of hydrogen-bond donors (Lipinski definition) is 2. The van der Waals surface area contributed by atoms with Gasteiger partial charge in [0.2, 0.25) is 0 Å². The molecule has 1 aliphatic heterocycles. The van der Waals surface area contributed by atoms with E-state index in [1.54, 1.807) is 0 Å². The minimum absolute atomic E-state index is 0.132. The Balaban J connectivity index is 2.03. The number of nitrogens with two attached hydrogens (primary N) is 1. The van der Waals surface area contributed by atoms with E-state index in [1.807, 2.05) is 38.2 Å². The van der Waals surface area contributed by atoms with Gasteiger partial charge in [-0.15, -0.1) is 0 Å². The van der Waals surface area contributed by atoms with Crippen LogP contribution in [-0.2, 0) is 22.5 Å². The number of ether oxygens (including phenoxy) is 1. The molecule has 1 aliphatic rings. The summed E-state index contributed by atoms with van der Waals surface area (Å²) in [6, 6.07) is 7.86. The Kier molecular flexibility index (Phi) is 3.80. The fourth-order valence-corrected chi connectivity index (χ4v) is 1.99. The Labute approximate surface area is 108 Å². The van der Waals surface area contributed by atoms with Crippen molar-refractivity contribution >= 4 is 5.78 Å². The molecule has 1 fully saturated rings. The number of nitrogens with one attached hydrogen (secondary N) is 1. The van der Waals surface area contributed by atoms with Crippen LogP contribution in [-0.4, -0.2) is 31.1 Å². The number of rotatable bonds is 6. The van der Waals surface area contributed by atoms with Crippen molar-refractivity contribution in [3.05, 3.63) is 35.4 Å². The molecule has 0 unspecified atom stereocenters. The normalized spacial score (nSPS) is 23.7. The third-order valence-electron chi connectivity index (χ3n) is 3.46. The van der Waals surface area contributed by atoms with E-state index >= 15 is 0 Å². The van der Waals surface area contributed by atoms with Gasteiger partial charge in [0.15, 0.2) is 5.78 Å². The van der Waals surface area contributed by atoms with E-state index in [9.17, 15) is 4.79 Å². The highest BCUT2D eigenvalue weighted by molar-refractivity contribution is 5.94. The zero-order valence-electron chi connectivity index (χ0n) is 10.9. The van der Waals surface area contributed by atoms with Crippen LogP contribution < -0.4 is 11.1 Å². The quantitative estimate of drug-likeness (QED) is 0.725. The lowest BCUT2D eigenvalue weighted by molar-refractivity contribution is -0.125. The average Bonchev–Trinajstić information content (AvgIpc) is 3.15. The van der Waals surface area contributed by atoms with Crippen LogP contribution >= 0.6 is 0 Å². The number of epoxide rings is 1. The summed E-state index contributed by atoms with van der Waals surface area (Å²) in [5, 5.41) is 3.07. The van der Waals surface area contributed by atoms with E-state index in [0.29, 0.717) is 19.6 Å². The van der Waals surface area contributed by atoms with Crippen LogP contribution in [0.2, 0.25) is 0 Å². The molecule has 0 bridgehead atoms. The molecule has 18 heavy (non-hydrogen) atoms. The number of Topliss-reactive ketones (excluding diaryl/α,β-unsaturated/α-hetero) is 1. The molecule has 0 aliphatic carbocycles. The molecular formula is C14H20N2O2. The Morgan fingerprint density at radius 2 is 2.00 bits per heavy atom. The van der Waals surface area contributed by atoms with Crippen molar-refractivity contribution in [2.75, 3.05) is 13.7 Å². The first-order valence-corrected chi connectivity index (χ1v) is 6.22. The van der Waals surface area contributed by atoms with Crippen molar-refractivity contribution in [2.45, 2.75) is 31.5 Å². The van der Waals surface area contributed by atoms with Gasteiger partial charge in [-0.1, -0.05) is 24.3 Å². The van der Waals surface area contributed by atoms with Crippen LogP contribution in [0.25, 0.3) is 0 Å². The molecule has 98 valence electrons. The van der Waals surface area contributed by atoms with Crippen molar-refractivity contribution in [1.82, 2.24) is 5.32 Å². The summed E-state index contributed by atoms with van der Waals surface area (Å²) in [4.78, 5) is 12.2. The maximum atomic E-state index is 12.2. The molecule has 2 atom stereocenters. The van der Waals surface area contributed by atoms with E-state index in [4.69, 9.17) is 10.5 Å². The van der Waals surface area contributed by atoms with Crippen molar-refractivity contribution < 1.29 is 9.53 Å². The minimum atomic E-state index is -0.565. The van der Waals surface area contributed by atoms with Crippen LogP contribution in [0, 0.1) is 0 Å². The summed E-state index contributed by atoms with van der Waals surface area (Å²) in [7, 11) is 1.81. The number of hydrogen-bond acceptors (Lipinski definition) is 4. The lowest BCUT2D eigenvalue weighted by atomic mass is 9.95. The van der Waals surface area contributed by atoms with Gasteiger partial charge in [0.25, 0.3) is 0 Å². The lowest BCUT2D eigenvalue weighted by Crippen LogP contribution is -2.43. The molecule has 1 heterocycles. The average molecular weight is 248 g/mol. The Bertz CT molecular complexity index is 424. The molecule has 4 heteroatoms. The molecule has 0 radical (unpaired) electrons. The zero-order valence-corrected chi connectivity index (χ0v) is 10.9. The molecule has 1 aromatic rings. The van der Waals surface area contributed by atoms with Crippen molar-refractivity contribution in [2.24, 2.45) is 5.73 Å². The van der Waals surface area contributed by atoms with Crippen molar-refractivity contribution in [3.63, 3.8) is 0 Å². The largest absolute Gasteiger partial charge is 0.362 e. The van der Waals surface area contributed by atoms with Crippen LogP contribution in [0.1, 0.15) is 18.1 Å². The lowest BCUT2D eigenvalue weighted by Gasteiger charge is -2.17. The highest BCUT2D eigenvalue weighted by atomic mass is 16.6. The Morgan fingerprint density at radius 1 is 1.44 bits per heavy atom. The van der Waals surface area contributed by atoms with Crippen LogP contribution in [0.3, 0.4) is 0 Å². The van der Waals surface area contributed by atoms with E-state index < -0.39 is 5.60 Å². The smallest absolute Gasteiger partial charge is 0.183 e. The monoisotopic (exact) mass is 248 g/mol. The van der Waals surface area contributed by atoms with Gasteiger partial charge >= 0.3 is 0 Å². The van der Waals surface area contributed by atoms with Crippen molar-refractivity contribution in [3.8, 4) is 0 Å². The van der Waals surface area contributed by atoms with Gasteiger partial charge < -0.3 is 15.8 Å². The fourth-order valence-electron chi connectivity index (χ4n) is 1.99. The molecule has 2 rings (SSSR count). The summed E-state index contributed by atoms with van der Waals surface area (Å²) in [6.07, 6.45) is 0.680. The van der Waals surface area contributed by atoms with E-state index in [-0.39, 0.29) is 11.8 Å². The topological polar surface area (TPSA) is 67.6 Å². The number of benzene rings is 1. The first-order chi connectivity index (χ1) is 8.59. The van der Waals surface area contributed by atoms with Crippen molar-refractivity contribution in [1.29, 1.82) is 0 Å². The second-order valence-electron chi connectivity index (χ2n) is 4.95. The molecule has 1 aromatic carbocycles. The Morgan fingerprint density at radius 3 is 2.44 bits per heavy atom. The predicted molar refractivity (Wildman–Crippen MR) is 70.2 cm³/mol. The predicted octanol–water partition coefficient (Wildman–Crippen LogP) is 0.634. The van der Waals surface area contributed by atoms with Gasteiger partial charge in [-0.2, -0.15) is 0 Å². The maximum absolute atomic E-state index is 12.2. The summed E-state index contributed by atoms with van der Waals surface area (Å²) in [6.45, 7) is 2.92. The van der Waals surface area contributed by atoms with Crippen LogP contribution in [0.4, 0.5) is 0 Å². The SMILES string of the molecule is CN[C@@H](Cc1ccc(CN)cc1)C(=O)[C@@]1(C)CO1. The van der Waals surface area contributed by atoms with Crippen LogP contribution in [0.15, 0.2) is 24.3 Å². The molecule has 4 nitrogen and oxygen atoms in total. The van der Waals surface area contributed by atoms with Gasteiger partial charge in [0.1, 0.15) is 5.60 Å². The molecule has 0 amide bonds. The number of ketones is 1. The second-order valence-corrected chi connectivity index (χ2v) is 4.95. The molecular weight excluding hydrogens is 228 g/mol. The first-order valence-electron chi connectivity index (χ1n) is 6.22. The van der Waals surface area contributed by atoms with Gasteiger partial charge in [0.05, 0.1) is 12.6 Å². The molecule has 0 aromatic heterocycles. The van der Waals surface area contributed by atoms with E-state index in [2.05, 4.69) is 5.32 Å². The molecule has 3 N–H and O–H groups in total. The number of likely N-dealkylation sites (N-methyl/N-ethyl adjacent to an activating group) is 1. The summed E-state index contributed by atoms with van der Waals surface area (Å²) in [5.74, 6) is 0.132. The zero-order chi connectivity index (χ0) is 13.2. The Hall–Kier alpha value is -1.23. The third kappa shape index (κ3) is 2.77. The molecule has 0 saturated carbocycles. The van der Waals surface area contributed by atoms with Gasteiger partial charge in [-0.25, -0.2) is 0 Å². The van der Waals surface area contributed by atoms with E-state index in [1.165, 1.54) is 0 Å². The minimum Gasteiger partial charge on any atom is -0.362 e. The fraction of sp³-hybridized carbons (Fsp3) is 0.500.